The molecule has 30 heavy (non-hydrogen) atoms. The number of carbonyl (C=O) groups is 1. The van der Waals surface area contributed by atoms with Gasteiger partial charge in [0.05, 0.1) is 11.4 Å². The van der Waals surface area contributed by atoms with E-state index >= 15 is 0 Å². The second kappa shape index (κ2) is 7.95. The molecule has 0 aliphatic heterocycles. The monoisotopic (exact) mass is 399 g/mol. The molecular weight excluding hydrogens is 377 g/mol. The van der Waals surface area contributed by atoms with Gasteiger partial charge in [-0.15, -0.1) is 0 Å². The standard InChI is InChI=1S/C25H22FN3O/c1-16-7-6-8-20(13-16)29-24(15-23(28-29)21-9-4-5-10-22(21)26)25(30)27-19-12-11-17(2)18(3)14-19/h4-15H,1-3H3,(H,27,30). The third kappa shape index (κ3) is 3.87. The first-order valence-electron chi connectivity index (χ1n) is 9.73. The predicted octanol–water partition coefficient (Wildman–Crippen LogP) is 5.86. The van der Waals surface area contributed by atoms with Gasteiger partial charge in [-0.1, -0.05) is 30.3 Å². The number of hydrogen-bond acceptors (Lipinski definition) is 2. The van der Waals surface area contributed by atoms with Crippen LogP contribution in [0.2, 0.25) is 0 Å². The highest BCUT2D eigenvalue weighted by molar-refractivity contribution is 6.04. The van der Waals surface area contributed by atoms with Gasteiger partial charge in [-0.2, -0.15) is 5.10 Å². The van der Waals surface area contributed by atoms with Crippen LogP contribution >= 0.6 is 0 Å². The van der Waals surface area contributed by atoms with Gasteiger partial charge in [-0.25, -0.2) is 9.07 Å². The Hall–Kier alpha value is -3.73. The summed E-state index contributed by atoms with van der Waals surface area (Å²) >= 11 is 0. The highest BCUT2D eigenvalue weighted by atomic mass is 19.1. The summed E-state index contributed by atoms with van der Waals surface area (Å²) in [6.07, 6.45) is 0. The molecule has 1 heterocycles. The normalized spacial score (nSPS) is 10.8. The fourth-order valence-electron chi connectivity index (χ4n) is 3.31. The van der Waals surface area contributed by atoms with Crippen LogP contribution in [0.15, 0.2) is 72.8 Å². The Morgan fingerprint density at radius 2 is 1.70 bits per heavy atom. The Balaban J connectivity index is 1.79. The molecule has 1 amide bonds. The molecule has 4 nitrogen and oxygen atoms in total. The van der Waals surface area contributed by atoms with Crippen LogP contribution in [0.4, 0.5) is 10.1 Å². The number of aryl methyl sites for hydroxylation is 3. The molecule has 0 atom stereocenters. The summed E-state index contributed by atoms with van der Waals surface area (Å²) in [4.78, 5) is 13.2. The van der Waals surface area contributed by atoms with E-state index in [0.717, 1.165) is 22.4 Å². The number of benzene rings is 3. The minimum atomic E-state index is -0.382. The maximum atomic E-state index is 14.4. The maximum absolute atomic E-state index is 14.4. The number of nitrogens with one attached hydrogen (secondary N) is 1. The lowest BCUT2D eigenvalue weighted by Gasteiger charge is -2.10. The molecule has 4 rings (SSSR count). The molecule has 0 spiro atoms. The number of nitrogens with zero attached hydrogens (tertiary/aromatic N) is 2. The molecular formula is C25H22FN3O. The van der Waals surface area contributed by atoms with Crippen molar-refractivity contribution >= 4 is 11.6 Å². The summed E-state index contributed by atoms with van der Waals surface area (Å²) in [5, 5.41) is 7.50. The Bertz CT molecular complexity index is 1240. The second-order valence-corrected chi connectivity index (χ2v) is 7.40. The molecule has 1 N–H and O–H groups in total. The van der Waals surface area contributed by atoms with Crippen molar-refractivity contribution in [2.24, 2.45) is 0 Å². The summed E-state index contributed by atoms with van der Waals surface area (Å²) in [5.41, 5.74) is 5.80. The summed E-state index contributed by atoms with van der Waals surface area (Å²) in [6, 6.07) is 21.5. The molecule has 0 radical (unpaired) electrons. The van der Waals surface area contributed by atoms with Gasteiger partial charge in [-0.3, -0.25) is 4.79 Å². The van der Waals surface area contributed by atoms with Crippen LogP contribution in [0.1, 0.15) is 27.2 Å². The zero-order valence-electron chi connectivity index (χ0n) is 17.1. The van der Waals surface area contributed by atoms with E-state index < -0.39 is 0 Å². The van der Waals surface area contributed by atoms with Gasteiger partial charge in [-0.05, 0) is 79.9 Å². The van der Waals surface area contributed by atoms with Crippen molar-refractivity contribution in [1.29, 1.82) is 0 Å². The Morgan fingerprint density at radius 3 is 2.43 bits per heavy atom. The van der Waals surface area contributed by atoms with Gasteiger partial charge in [0.1, 0.15) is 11.5 Å². The molecule has 0 bridgehead atoms. The zero-order valence-corrected chi connectivity index (χ0v) is 17.1. The van der Waals surface area contributed by atoms with Crippen molar-refractivity contribution in [2.45, 2.75) is 20.8 Å². The van der Waals surface area contributed by atoms with Crippen molar-refractivity contribution in [1.82, 2.24) is 9.78 Å². The highest BCUT2D eigenvalue weighted by Gasteiger charge is 2.19. The first-order valence-corrected chi connectivity index (χ1v) is 9.73. The van der Waals surface area contributed by atoms with E-state index in [2.05, 4.69) is 10.4 Å². The van der Waals surface area contributed by atoms with Crippen molar-refractivity contribution in [3.05, 3.63) is 101 Å². The number of rotatable bonds is 4. The van der Waals surface area contributed by atoms with Crippen LogP contribution in [-0.2, 0) is 0 Å². The van der Waals surface area contributed by atoms with Crippen LogP contribution in [0.25, 0.3) is 16.9 Å². The van der Waals surface area contributed by atoms with Crippen LogP contribution in [0.3, 0.4) is 0 Å². The third-order valence-electron chi connectivity index (χ3n) is 5.10. The summed E-state index contributed by atoms with van der Waals surface area (Å²) < 4.78 is 15.9. The van der Waals surface area contributed by atoms with Crippen LogP contribution in [-0.4, -0.2) is 15.7 Å². The van der Waals surface area contributed by atoms with Crippen molar-refractivity contribution < 1.29 is 9.18 Å². The van der Waals surface area contributed by atoms with Gasteiger partial charge >= 0.3 is 0 Å². The molecule has 0 saturated carbocycles. The molecule has 5 heteroatoms. The van der Waals surface area contributed by atoms with Crippen LogP contribution in [0, 0.1) is 26.6 Å². The maximum Gasteiger partial charge on any atom is 0.274 e. The number of halogens is 1. The van der Waals surface area contributed by atoms with Crippen LogP contribution in [0.5, 0.6) is 0 Å². The van der Waals surface area contributed by atoms with Gasteiger partial charge < -0.3 is 5.32 Å². The zero-order chi connectivity index (χ0) is 21.3. The first kappa shape index (κ1) is 19.6. The van der Waals surface area contributed by atoms with Gasteiger partial charge in [0.2, 0.25) is 0 Å². The summed E-state index contributed by atoms with van der Waals surface area (Å²) in [7, 11) is 0. The van der Waals surface area contributed by atoms with Gasteiger partial charge in [0, 0.05) is 11.3 Å². The largest absolute Gasteiger partial charge is 0.321 e. The number of anilines is 1. The lowest BCUT2D eigenvalue weighted by atomic mass is 10.1. The second-order valence-electron chi connectivity index (χ2n) is 7.40. The number of carbonyl (C=O) groups excluding carboxylic acids is 1. The fraction of sp³-hybridized carbons (Fsp3) is 0.120. The average Bonchev–Trinajstić information content (AvgIpc) is 3.16. The Kier molecular flexibility index (Phi) is 5.19. The lowest BCUT2D eigenvalue weighted by Crippen LogP contribution is -2.17. The molecule has 0 unspecified atom stereocenters. The van der Waals surface area contributed by atoms with Crippen molar-refractivity contribution in [3.63, 3.8) is 0 Å². The van der Waals surface area contributed by atoms with E-state index in [9.17, 15) is 9.18 Å². The molecule has 3 aromatic carbocycles. The predicted molar refractivity (Wildman–Crippen MR) is 118 cm³/mol. The summed E-state index contributed by atoms with van der Waals surface area (Å²) in [6.45, 7) is 5.99. The third-order valence-corrected chi connectivity index (χ3v) is 5.10. The molecule has 4 aromatic rings. The molecule has 0 saturated heterocycles. The molecule has 150 valence electrons. The number of amides is 1. The highest BCUT2D eigenvalue weighted by Crippen LogP contribution is 2.25. The lowest BCUT2D eigenvalue weighted by molar-refractivity contribution is 0.101. The van der Waals surface area contributed by atoms with E-state index in [1.54, 1.807) is 28.9 Å². The Labute approximate surface area is 175 Å². The minimum absolute atomic E-state index is 0.310. The van der Waals surface area contributed by atoms with E-state index in [1.165, 1.54) is 6.07 Å². The fourth-order valence-corrected chi connectivity index (χ4v) is 3.31. The van der Waals surface area contributed by atoms with Crippen molar-refractivity contribution in [2.75, 3.05) is 5.32 Å². The number of hydrogen-bond donors (Lipinski definition) is 1. The molecule has 0 fully saturated rings. The molecule has 1 aromatic heterocycles. The Morgan fingerprint density at radius 1 is 0.900 bits per heavy atom. The quantitative estimate of drug-likeness (QED) is 0.467. The molecule has 0 aliphatic carbocycles. The topological polar surface area (TPSA) is 46.9 Å². The van der Waals surface area contributed by atoms with Crippen LogP contribution < -0.4 is 5.32 Å². The molecule has 0 aliphatic rings. The first-order chi connectivity index (χ1) is 14.4. The van der Waals surface area contributed by atoms with Gasteiger partial charge in [0.25, 0.3) is 5.91 Å². The van der Waals surface area contributed by atoms with Gasteiger partial charge in [0.15, 0.2) is 0 Å². The van der Waals surface area contributed by atoms with E-state index in [0.29, 0.717) is 22.6 Å². The van der Waals surface area contributed by atoms with E-state index in [4.69, 9.17) is 0 Å². The number of aromatic nitrogens is 2. The van der Waals surface area contributed by atoms with E-state index in [1.807, 2.05) is 63.2 Å². The average molecular weight is 399 g/mol. The smallest absolute Gasteiger partial charge is 0.274 e. The van der Waals surface area contributed by atoms with E-state index in [-0.39, 0.29) is 11.7 Å². The minimum Gasteiger partial charge on any atom is -0.321 e. The summed E-state index contributed by atoms with van der Waals surface area (Å²) in [5.74, 6) is -0.692. The van der Waals surface area contributed by atoms with Crippen molar-refractivity contribution in [3.8, 4) is 16.9 Å². The SMILES string of the molecule is Cc1cccc(-n2nc(-c3ccccc3F)cc2C(=O)Nc2ccc(C)c(C)c2)c1.